The molecule has 0 saturated carbocycles. The standard InChI is InChI=1S/C19H38N6/c1-13(17(4,5)6)20-23-16(24-21-14(2)18(7,8)9)25-22-15(3)19(10,11)12/h1-12H3,(H2,23,24,25). The lowest BCUT2D eigenvalue weighted by atomic mass is 9.91. The van der Waals surface area contributed by atoms with Gasteiger partial charge in [-0.2, -0.15) is 15.3 Å². The first-order chi connectivity index (χ1) is 11.0. The zero-order chi connectivity index (χ0) is 20.1. The van der Waals surface area contributed by atoms with Crippen LogP contribution in [0.2, 0.25) is 0 Å². The molecular weight excluding hydrogens is 312 g/mol. The Kier molecular flexibility index (Phi) is 8.00. The number of nitrogens with one attached hydrogen (secondary N) is 2. The predicted molar refractivity (Wildman–Crippen MR) is 111 cm³/mol. The average molecular weight is 351 g/mol. The summed E-state index contributed by atoms with van der Waals surface area (Å²) < 4.78 is 0. The molecule has 6 nitrogen and oxygen atoms in total. The molecule has 0 atom stereocenters. The Morgan fingerprint density at radius 1 is 0.520 bits per heavy atom. The van der Waals surface area contributed by atoms with Crippen molar-refractivity contribution in [2.45, 2.75) is 83.1 Å². The van der Waals surface area contributed by atoms with Gasteiger partial charge in [-0.1, -0.05) is 62.3 Å². The minimum atomic E-state index is -0.0379. The summed E-state index contributed by atoms with van der Waals surface area (Å²) in [4.78, 5) is 0. The van der Waals surface area contributed by atoms with Gasteiger partial charge in [0.15, 0.2) is 0 Å². The Hall–Kier alpha value is -1.72. The molecule has 0 fully saturated rings. The molecule has 0 aliphatic rings. The maximum Gasteiger partial charge on any atom is 0.257 e. The fraction of sp³-hybridized carbons (Fsp3) is 0.789. The molecule has 0 amide bonds. The largest absolute Gasteiger partial charge is 0.257 e. The highest BCUT2D eigenvalue weighted by molar-refractivity contribution is 5.91. The lowest BCUT2D eigenvalue weighted by molar-refractivity contribution is 0.579. The van der Waals surface area contributed by atoms with E-state index in [0.717, 1.165) is 17.1 Å². The summed E-state index contributed by atoms with van der Waals surface area (Å²) in [6.45, 7) is 24.9. The molecular formula is C19H38N6. The minimum absolute atomic E-state index is 0.0205. The van der Waals surface area contributed by atoms with Crippen molar-refractivity contribution in [2.24, 2.45) is 36.7 Å². The van der Waals surface area contributed by atoms with Crippen LogP contribution in [0.4, 0.5) is 0 Å². The van der Waals surface area contributed by atoms with Crippen LogP contribution in [0.15, 0.2) is 20.4 Å². The fourth-order valence-corrected chi connectivity index (χ4v) is 0.954. The highest BCUT2D eigenvalue weighted by Gasteiger charge is 2.17. The van der Waals surface area contributed by atoms with E-state index >= 15 is 0 Å². The van der Waals surface area contributed by atoms with Crippen molar-refractivity contribution in [2.75, 3.05) is 0 Å². The number of hydrazone groups is 2. The number of hydrogen-bond donors (Lipinski definition) is 2. The summed E-state index contributed by atoms with van der Waals surface area (Å²) in [6.07, 6.45) is 0. The second kappa shape index (κ2) is 8.59. The summed E-state index contributed by atoms with van der Waals surface area (Å²) in [7, 11) is 0. The second-order valence-corrected chi connectivity index (χ2v) is 9.50. The molecule has 2 N–H and O–H groups in total. The molecule has 0 rings (SSSR count). The zero-order valence-corrected chi connectivity index (χ0v) is 18.3. The summed E-state index contributed by atoms with van der Waals surface area (Å²) in [5.41, 5.74) is 8.69. The smallest absolute Gasteiger partial charge is 0.244 e. The Morgan fingerprint density at radius 2 is 0.840 bits per heavy atom. The van der Waals surface area contributed by atoms with Gasteiger partial charge in [0.1, 0.15) is 0 Å². The lowest BCUT2D eigenvalue weighted by Crippen LogP contribution is -2.34. The van der Waals surface area contributed by atoms with E-state index < -0.39 is 0 Å². The van der Waals surface area contributed by atoms with E-state index in [1.165, 1.54) is 0 Å². The molecule has 0 aliphatic carbocycles. The van der Waals surface area contributed by atoms with Gasteiger partial charge in [-0.3, -0.25) is 0 Å². The summed E-state index contributed by atoms with van der Waals surface area (Å²) in [5.74, 6) is 0.399. The molecule has 0 saturated heterocycles. The Labute approximate surface area is 154 Å². The van der Waals surface area contributed by atoms with Crippen LogP contribution < -0.4 is 10.9 Å². The van der Waals surface area contributed by atoms with Crippen molar-refractivity contribution < 1.29 is 0 Å². The molecule has 6 heteroatoms. The number of nitrogens with zero attached hydrogens (tertiary/aromatic N) is 4. The Morgan fingerprint density at radius 3 is 1.12 bits per heavy atom. The number of rotatable bonds is 3. The van der Waals surface area contributed by atoms with Crippen LogP contribution in [0.3, 0.4) is 0 Å². The van der Waals surface area contributed by atoms with Crippen molar-refractivity contribution in [3.8, 4) is 0 Å². The SMILES string of the molecule is CC(=NN=C(NN=C(C)C(C)(C)C)NN=C(C)C(C)(C)C)C(C)(C)C. The normalized spacial score (nSPS) is 15.1. The molecule has 0 aliphatic heterocycles. The summed E-state index contributed by atoms with van der Waals surface area (Å²) in [6, 6.07) is 0. The van der Waals surface area contributed by atoms with Crippen molar-refractivity contribution >= 4 is 23.1 Å². The highest BCUT2D eigenvalue weighted by atomic mass is 15.5. The molecule has 0 aromatic rings. The van der Waals surface area contributed by atoms with Crippen molar-refractivity contribution in [3.05, 3.63) is 0 Å². The lowest BCUT2D eigenvalue weighted by Gasteiger charge is -2.19. The first-order valence-electron chi connectivity index (χ1n) is 8.79. The van der Waals surface area contributed by atoms with E-state index in [1.807, 2.05) is 20.8 Å². The predicted octanol–water partition coefficient (Wildman–Crippen LogP) is 4.79. The summed E-state index contributed by atoms with van der Waals surface area (Å²) >= 11 is 0. The maximum atomic E-state index is 4.41. The van der Waals surface area contributed by atoms with Crippen LogP contribution in [0.25, 0.3) is 0 Å². The van der Waals surface area contributed by atoms with E-state index in [2.05, 4.69) is 93.6 Å². The van der Waals surface area contributed by atoms with Gasteiger partial charge < -0.3 is 0 Å². The molecule has 0 bridgehead atoms. The van der Waals surface area contributed by atoms with Gasteiger partial charge in [0.05, 0.1) is 0 Å². The van der Waals surface area contributed by atoms with E-state index in [0.29, 0.717) is 5.96 Å². The quantitative estimate of drug-likeness (QED) is 0.436. The molecule has 0 spiro atoms. The second-order valence-electron chi connectivity index (χ2n) is 9.50. The van der Waals surface area contributed by atoms with Crippen LogP contribution in [0.1, 0.15) is 83.1 Å². The monoisotopic (exact) mass is 350 g/mol. The van der Waals surface area contributed by atoms with Crippen LogP contribution >= 0.6 is 0 Å². The van der Waals surface area contributed by atoms with E-state index in [9.17, 15) is 0 Å². The highest BCUT2D eigenvalue weighted by Crippen LogP contribution is 2.16. The number of guanidine groups is 1. The van der Waals surface area contributed by atoms with E-state index in [-0.39, 0.29) is 16.2 Å². The molecule has 0 aromatic heterocycles. The van der Waals surface area contributed by atoms with E-state index in [1.54, 1.807) is 0 Å². The van der Waals surface area contributed by atoms with Crippen molar-refractivity contribution in [3.63, 3.8) is 0 Å². The van der Waals surface area contributed by atoms with Crippen molar-refractivity contribution in [1.82, 2.24) is 10.9 Å². The first kappa shape index (κ1) is 23.3. The minimum Gasteiger partial charge on any atom is -0.244 e. The van der Waals surface area contributed by atoms with Crippen LogP contribution in [0, 0.1) is 16.2 Å². The third kappa shape index (κ3) is 9.37. The van der Waals surface area contributed by atoms with Gasteiger partial charge in [-0.15, -0.1) is 5.10 Å². The number of hydrogen-bond acceptors (Lipinski definition) is 4. The van der Waals surface area contributed by atoms with Gasteiger partial charge in [0, 0.05) is 33.4 Å². The first-order valence-corrected chi connectivity index (χ1v) is 8.79. The molecule has 0 unspecified atom stereocenters. The van der Waals surface area contributed by atoms with Crippen molar-refractivity contribution in [1.29, 1.82) is 0 Å². The molecule has 0 aromatic carbocycles. The van der Waals surface area contributed by atoms with E-state index in [4.69, 9.17) is 0 Å². The summed E-state index contributed by atoms with van der Waals surface area (Å²) in [5, 5.41) is 17.4. The van der Waals surface area contributed by atoms with Gasteiger partial charge in [0.2, 0.25) is 0 Å². The molecule has 0 heterocycles. The van der Waals surface area contributed by atoms with Gasteiger partial charge in [0.25, 0.3) is 5.96 Å². The maximum absolute atomic E-state index is 4.41. The van der Waals surface area contributed by atoms with Gasteiger partial charge in [-0.05, 0) is 20.8 Å². The third-order valence-corrected chi connectivity index (χ3v) is 4.22. The molecule has 25 heavy (non-hydrogen) atoms. The molecule has 0 radical (unpaired) electrons. The van der Waals surface area contributed by atoms with Gasteiger partial charge in [-0.25, -0.2) is 10.9 Å². The van der Waals surface area contributed by atoms with Crippen LogP contribution in [0.5, 0.6) is 0 Å². The van der Waals surface area contributed by atoms with Crippen LogP contribution in [-0.4, -0.2) is 23.1 Å². The topological polar surface area (TPSA) is 73.5 Å². The Balaban J connectivity index is 5.54. The van der Waals surface area contributed by atoms with Gasteiger partial charge >= 0.3 is 0 Å². The van der Waals surface area contributed by atoms with Crippen LogP contribution in [-0.2, 0) is 0 Å². The third-order valence-electron chi connectivity index (χ3n) is 4.22. The zero-order valence-electron chi connectivity index (χ0n) is 18.3. The fourth-order valence-electron chi connectivity index (χ4n) is 0.954. The molecule has 144 valence electrons. The Bertz CT molecular complexity index is 526. The average Bonchev–Trinajstić information content (AvgIpc) is 2.42.